The molecule has 6 nitrogen and oxygen atoms in total. The van der Waals surface area contributed by atoms with Crippen molar-refractivity contribution >= 4 is 11.6 Å². The van der Waals surface area contributed by atoms with Crippen molar-refractivity contribution in [1.29, 1.82) is 0 Å². The SMILES string of the molecule is Clc1ccc(C[C@H]2CO[C@@H](Cc3nn[nH]n3)CN2)cc1. The molecule has 7 heteroatoms. The number of aromatic amines is 1. The Bertz CT molecular complexity index is 522. The van der Waals surface area contributed by atoms with Gasteiger partial charge in [-0.1, -0.05) is 28.9 Å². The summed E-state index contributed by atoms with van der Waals surface area (Å²) in [6.45, 7) is 1.48. The first-order chi connectivity index (χ1) is 9.79. The molecule has 0 bridgehead atoms. The van der Waals surface area contributed by atoms with Crippen LogP contribution in [0.1, 0.15) is 11.4 Å². The predicted molar refractivity (Wildman–Crippen MR) is 74.6 cm³/mol. The molecular weight excluding hydrogens is 278 g/mol. The van der Waals surface area contributed by atoms with Gasteiger partial charge in [-0.15, -0.1) is 10.2 Å². The van der Waals surface area contributed by atoms with E-state index in [1.165, 1.54) is 5.56 Å². The van der Waals surface area contributed by atoms with Gasteiger partial charge in [-0.2, -0.15) is 5.21 Å². The summed E-state index contributed by atoms with van der Waals surface area (Å²) in [4.78, 5) is 0. The van der Waals surface area contributed by atoms with Gasteiger partial charge in [0.25, 0.3) is 0 Å². The van der Waals surface area contributed by atoms with Crippen LogP contribution in [0.15, 0.2) is 24.3 Å². The molecular formula is C13H16ClN5O. The molecule has 1 saturated heterocycles. The second kappa shape index (κ2) is 6.30. The van der Waals surface area contributed by atoms with Crippen molar-refractivity contribution in [3.63, 3.8) is 0 Å². The van der Waals surface area contributed by atoms with E-state index in [2.05, 4.69) is 38.1 Å². The number of ether oxygens (including phenoxy) is 1. The zero-order valence-corrected chi connectivity index (χ0v) is 11.7. The van der Waals surface area contributed by atoms with Crippen molar-refractivity contribution in [2.45, 2.75) is 25.0 Å². The summed E-state index contributed by atoms with van der Waals surface area (Å²) in [6.07, 6.45) is 1.72. The van der Waals surface area contributed by atoms with E-state index >= 15 is 0 Å². The number of H-pyrrole nitrogens is 1. The van der Waals surface area contributed by atoms with Crippen molar-refractivity contribution in [3.05, 3.63) is 40.7 Å². The molecule has 2 heterocycles. The lowest BCUT2D eigenvalue weighted by Crippen LogP contribution is -2.48. The minimum atomic E-state index is 0.106. The van der Waals surface area contributed by atoms with Gasteiger partial charge in [0.05, 0.1) is 12.7 Å². The summed E-state index contributed by atoms with van der Waals surface area (Å²) in [5.74, 6) is 0.688. The molecule has 0 unspecified atom stereocenters. The summed E-state index contributed by atoms with van der Waals surface area (Å²) < 4.78 is 5.85. The molecule has 1 fully saturated rings. The Hall–Kier alpha value is -1.50. The third kappa shape index (κ3) is 3.53. The molecule has 2 aromatic rings. The Morgan fingerprint density at radius 3 is 2.75 bits per heavy atom. The fourth-order valence-electron chi connectivity index (χ4n) is 2.31. The van der Waals surface area contributed by atoms with Crippen molar-refractivity contribution in [2.75, 3.05) is 13.2 Å². The van der Waals surface area contributed by atoms with Crippen molar-refractivity contribution < 1.29 is 4.74 Å². The monoisotopic (exact) mass is 293 g/mol. The van der Waals surface area contributed by atoms with Crippen LogP contribution in [0.3, 0.4) is 0 Å². The van der Waals surface area contributed by atoms with Crippen LogP contribution >= 0.6 is 11.6 Å². The number of nitrogens with zero attached hydrogens (tertiary/aromatic N) is 3. The molecule has 3 rings (SSSR count). The number of aromatic nitrogens is 4. The number of hydrogen-bond donors (Lipinski definition) is 2. The third-order valence-corrected chi connectivity index (χ3v) is 3.61. The molecule has 0 saturated carbocycles. The maximum absolute atomic E-state index is 5.88. The van der Waals surface area contributed by atoms with E-state index in [1.54, 1.807) is 0 Å². The van der Waals surface area contributed by atoms with Crippen LogP contribution in [-0.4, -0.2) is 45.9 Å². The maximum atomic E-state index is 5.88. The summed E-state index contributed by atoms with van der Waals surface area (Å²) in [5, 5.41) is 18.1. The molecule has 2 N–H and O–H groups in total. The Kier molecular flexibility index (Phi) is 4.25. The lowest BCUT2D eigenvalue weighted by Gasteiger charge is -2.30. The van der Waals surface area contributed by atoms with Crippen LogP contribution in [0.25, 0.3) is 0 Å². The summed E-state index contributed by atoms with van der Waals surface area (Å²) >= 11 is 5.88. The predicted octanol–water partition coefficient (Wildman–Crippen LogP) is 0.995. The first-order valence-corrected chi connectivity index (χ1v) is 6.99. The number of morpholine rings is 1. The van der Waals surface area contributed by atoms with Gasteiger partial charge in [0.15, 0.2) is 5.82 Å². The zero-order valence-electron chi connectivity index (χ0n) is 10.9. The van der Waals surface area contributed by atoms with Crippen LogP contribution in [0.5, 0.6) is 0 Å². The van der Waals surface area contributed by atoms with Crippen LogP contribution in [0.4, 0.5) is 0 Å². The molecule has 0 spiro atoms. The van der Waals surface area contributed by atoms with Crippen molar-refractivity contribution in [1.82, 2.24) is 25.9 Å². The number of nitrogens with one attached hydrogen (secondary N) is 2. The van der Waals surface area contributed by atoms with E-state index in [-0.39, 0.29) is 6.10 Å². The summed E-state index contributed by atoms with van der Waals surface area (Å²) in [6, 6.07) is 8.27. The second-order valence-corrected chi connectivity index (χ2v) is 5.36. The molecule has 1 aromatic heterocycles. The van der Waals surface area contributed by atoms with Crippen LogP contribution in [-0.2, 0) is 17.6 Å². The number of hydrogen-bond acceptors (Lipinski definition) is 5. The average molecular weight is 294 g/mol. The van der Waals surface area contributed by atoms with E-state index in [1.807, 2.05) is 12.1 Å². The summed E-state index contributed by atoms with van der Waals surface area (Å²) in [7, 11) is 0. The van der Waals surface area contributed by atoms with E-state index in [9.17, 15) is 0 Å². The molecule has 20 heavy (non-hydrogen) atoms. The number of rotatable bonds is 4. The molecule has 1 aliphatic heterocycles. The smallest absolute Gasteiger partial charge is 0.177 e. The number of tetrazole rings is 1. The van der Waals surface area contributed by atoms with Gasteiger partial charge in [0.2, 0.25) is 0 Å². The average Bonchev–Trinajstić information content (AvgIpc) is 2.96. The fraction of sp³-hybridized carbons (Fsp3) is 0.462. The van der Waals surface area contributed by atoms with Gasteiger partial charge in [-0.05, 0) is 24.1 Å². The van der Waals surface area contributed by atoms with Crippen molar-refractivity contribution in [3.8, 4) is 0 Å². The Labute approximate surface area is 121 Å². The fourth-order valence-corrected chi connectivity index (χ4v) is 2.43. The number of halogens is 1. The van der Waals surface area contributed by atoms with E-state index < -0.39 is 0 Å². The molecule has 0 radical (unpaired) electrons. The van der Waals surface area contributed by atoms with Gasteiger partial charge >= 0.3 is 0 Å². The minimum Gasteiger partial charge on any atom is -0.375 e. The normalized spacial score (nSPS) is 22.9. The number of benzene rings is 1. The highest BCUT2D eigenvalue weighted by molar-refractivity contribution is 6.30. The van der Waals surface area contributed by atoms with Crippen LogP contribution in [0, 0.1) is 0 Å². The van der Waals surface area contributed by atoms with Crippen LogP contribution in [0.2, 0.25) is 5.02 Å². The minimum absolute atomic E-state index is 0.106. The molecule has 106 valence electrons. The van der Waals surface area contributed by atoms with Gasteiger partial charge in [0, 0.05) is 24.0 Å². The highest BCUT2D eigenvalue weighted by atomic mass is 35.5. The highest BCUT2D eigenvalue weighted by Crippen LogP contribution is 2.13. The molecule has 0 amide bonds. The standard InChI is InChI=1S/C13H16ClN5O/c14-10-3-1-9(2-4-10)5-11-8-20-12(7-15-11)6-13-16-18-19-17-13/h1-4,11-12,15H,5-8H2,(H,16,17,18,19)/t11-,12-/m0/s1. The lowest BCUT2D eigenvalue weighted by molar-refractivity contribution is 0.00395. The van der Waals surface area contributed by atoms with Crippen molar-refractivity contribution in [2.24, 2.45) is 0 Å². The van der Waals surface area contributed by atoms with Gasteiger partial charge in [-0.25, -0.2) is 0 Å². The van der Waals surface area contributed by atoms with E-state index in [0.717, 1.165) is 18.0 Å². The maximum Gasteiger partial charge on any atom is 0.177 e. The van der Waals surface area contributed by atoms with Crippen LogP contribution < -0.4 is 5.32 Å². The highest BCUT2D eigenvalue weighted by Gasteiger charge is 2.22. The largest absolute Gasteiger partial charge is 0.375 e. The van der Waals surface area contributed by atoms with E-state index in [4.69, 9.17) is 16.3 Å². The zero-order chi connectivity index (χ0) is 13.8. The quantitative estimate of drug-likeness (QED) is 0.879. The Morgan fingerprint density at radius 1 is 1.25 bits per heavy atom. The molecule has 0 aliphatic carbocycles. The molecule has 1 aliphatic rings. The van der Waals surface area contributed by atoms with Gasteiger partial charge in [-0.3, -0.25) is 0 Å². The Morgan fingerprint density at radius 2 is 2.10 bits per heavy atom. The first-order valence-electron chi connectivity index (χ1n) is 6.61. The van der Waals surface area contributed by atoms with Gasteiger partial charge < -0.3 is 10.1 Å². The Balaban J connectivity index is 1.47. The van der Waals surface area contributed by atoms with Gasteiger partial charge in [0.1, 0.15) is 0 Å². The second-order valence-electron chi connectivity index (χ2n) is 4.92. The molecule has 1 aromatic carbocycles. The lowest BCUT2D eigenvalue weighted by atomic mass is 10.0. The third-order valence-electron chi connectivity index (χ3n) is 3.36. The first kappa shape index (κ1) is 13.5. The summed E-state index contributed by atoms with van der Waals surface area (Å²) in [5.41, 5.74) is 1.26. The molecule has 2 atom stereocenters. The topological polar surface area (TPSA) is 75.7 Å². The van der Waals surface area contributed by atoms with E-state index in [0.29, 0.717) is 24.9 Å².